The van der Waals surface area contributed by atoms with E-state index < -0.39 is 0 Å². The van der Waals surface area contributed by atoms with Crippen molar-refractivity contribution in [2.75, 3.05) is 27.3 Å². The molecule has 2 amide bonds. The molecule has 1 atom stereocenters. The molecule has 1 spiro atoms. The summed E-state index contributed by atoms with van der Waals surface area (Å²) in [6, 6.07) is 3.76. The molecule has 3 aliphatic rings. The third-order valence-corrected chi connectivity index (χ3v) is 6.83. The van der Waals surface area contributed by atoms with E-state index in [-0.39, 0.29) is 23.3 Å². The molecule has 0 bridgehead atoms. The van der Waals surface area contributed by atoms with Crippen LogP contribution >= 0.6 is 0 Å². The Balaban J connectivity index is 1.36. The normalized spacial score (nSPS) is 22.2. The van der Waals surface area contributed by atoms with Crippen LogP contribution in [0.25, 0.3) is 0 Å². The molecule has 4 rings (SSSR count). The second-order valence-corrected chi connectivity index (χ2v) is 8.53. The molecule has 1 saturated heterocycles. The number of carbonyl (C=O) groups excluding carboxylic acids is 2. The molecule has 6 nitrogen and oxygen atoms in total. The third-order valence-electron chi connectivity index (χ3n) is 6.83. The molecule has 1 aromatic rings. The van der Waals surface area contributed by atoms with Gasteiger partial charge in [-0.05, 0) is 68.6 Å². The van der Waals surface area contributed by atoms with Gasteiger partial charge in [-0.15, -0.1) is 0 Å². The molecular formula is C23H30N2O4. The van der Waals surface area contributed by atoms with E-state index in [2.05, 4.69) is 11.4 Å². The van der Waals surface area contributed by atoms with Crippen LogP contribution in [0.5, 0.6) is 11.5 Å². The van der Waals surface area contributed by atoms with Gasteiger partial charge in [0.25, 0.3) is 5.91 Å². The highest BCUT2D eigenvalue weighted by atomic mass is 16.5. The summed E-state index contributed by atoms with van der Waals surface area (Å²) in [6.45, 7) is 3.48. The lowest BCUT2D eigenvalue weighted by molar-refractivity contribution is -0.128. The van der Waals surface area contributed by atoms with E-state index in [4.69, 9.17) is 9.47 Å². The van der Waals surface area contributed by atoms with Crippen molar-refractivity contribution >= 4 is 11.8 Å². The number of aryl methyl sites for hydroxylation is 1. The number of nitrogens with zero attached hydrogens (tertiary/aromatic N) is 1. The van der Waals surface area contributed by atoms with Gasteiger partial charge in [-0.1, -0.05) is 6.08 Å². The minimum absolute atomic E-state index is 0.0695. The molecular weight excluding hydrogens is 368 g/mol. The first kappa shape index (κ1) is 19.8. The van der Waals surface area contributed by atoms with E-state index in [0.717, 1.165) is 62.8 Å². The van der Waals surface area contributed by atoms with Gasteiger partial charge < -0.3 is 19.7 Å². The van der Waals surface area contributed by atoms with Gasteiger partial charge in [0.2, 0.25) is 5.91 Å². The summed E-state index contributed by atoms with van der Waals surface area (Å²) >= 11 is 0. The van der Waals surface area contributed by atoms with Gasteiger partial charge in [0.05, 0.1) is 14.2 Å². The highest BCUT2D eigenvalue weighted by Crippen LogP contribution is 2.54. The van der Waals surface area contributed by atoms with E-state index in [1.54, 1.807) is 20.3 Å². The molecule has 29 heavy (non-hydrogen) atoms. The van der Waals surface area contributed by atoms with Crippen LogP contribution in [0.4, 0.5) is 0 Å². The third kappa shape index (κ3) is 3.72. The van der Waals surface area contributed by atoms with E-state index in [1.165, 1.54) is 0 Å². The summed E-state index contributed by atoms with van der Waals surface area (Å²) in [5, 5.41) is 3.21. The average Bonchev–Trinajstić information content (AvgIpc) is 3.13. The Kier molecular flexibility index (Phi) is 5.28. The maximum atomic E-state index is 12.9. The van der Waals surface area contributed by atoms with E-state index in [0.29, 0.717) is 17.1 Å². The standard InChI is InChI=1S/C23H30N2O4/c1-15-12-18(28-2)19(29-3)13-17(15)21(26)24-20-14-23(20)8-10-25(11-9-23)22(27)16-6-4-5-7-16/h6,12-13,20H,4-5,7-11,14H2,1-3H3,(H,24,26). The molecule has 156 valence electrons. The topological polar surface area (TPSA) is 67.9 Å². The maximum absolute atomic E-state index is 12.9. The van der Waals surface area contributed by atoms with Gasteiger partial charge in [0.1, 0.15) is 0 Å². The van der Waals surface area contributed by atoms with Gasteiger partial charge in [-0.25, -0.2) is 0 Å². The molecule has 6 heteroatoms. The number of likely N-dealkylation sites (tertiary alicyclic amines) is 1. The fourth-order valence-electron chi connectivity index (χ4n) is 4.79. The fourth-order valence-corrected chi connectivity index (χ4v) is 4.79. The number of benzene rings is 1. The van der Waals surface area contributed by atoms with Crippen LogP contribution in [0.1, 0.15) is 54.4 Å². The Hall–Kier alpha value is -2.50. The lowest BCUT2D eigenvalue weighted by atomic mass is 9.92. The Bertz CT molecular complexity index is 853. The first-order chi connectivity index (χ1) is 14.0. The summed E-state index contributed by atoms with van der Waals surface area (Å²) in [6.07, 6.45) is 8.06. The van der Waals surface area contributed by atoms with Crippen molar-refractivity contribution in [1.29, 1.82) is 0 Å². The van der Waals surface area contributed by atoms with Crippen LogP contribution in [0.2, 0.25) is 0 Å². The molecule has 1 saturated carbocycles. The molecule has 2 aliphatic carbocycles. The molecule has 0 aromatic heterocycles. The molecule has 1 heterocycles. The molecule has 0 radical (unpaired) electrons. The zero-order valence-electron chi connectivity index (χ0n) is 17.5. The van der Waals surface area contributed by atoms with Crippen molar-refractivity contribution in [2.24, 2.45) is 5.41 Å². The predicted octanol–water partition coefficient (Wildman–Crippen LogP) is 3.23. The first-order valence-electron chi connectivity index (χ1n) is 10.5. The van der Waals surface area contributed by atoms with E-state index in [1.807, 2.05) is 17.9 Å². The van der Waals surface area contributed by atoms with Crippen LogP contribution in [0.15, 0.2) is 23.8 Å². The summed E-state index contributed by atoms with van der Waals surface area (Å²) in [5.41, 5.74) is 2.62. The highest BCUT2D eigenvalue weighted by Gasteiger charge is 2.56. The second kappa shape index (κ2) is 7.73. The molecule has 1 aromatic carbocycles. The number of rotatable bonds is 5. The zero-order valence-corrected chi connectivity index (χ0v) is 17.5. The zero-order chi connectivity index (χ0) is 20.6. The predicted molar refractivity (Wildman–Crippen MR) is 110 cm³/mol. The van der Waals surface area contributed by atoms with Crippen molar-refractivity contribution in [3.8, 4) is 11.5 Å². The number of nitrogens with one attached hydrogen (secondary N) is 1. The van der Waals surface area contributed by atoms with Gasteiger partial charge in [-0.3, -0.25) is 9.59 Å². The Morgan fingerprint density at radius 3 is 2.45 bits per heavy atom. The SMILES string of the molecule is COc1cc(C)c(C(=O)NC2CC23CCN(C(=O)C2=CCCC2)CC3)cc1OC. The van der Waals surface area contributed by atoms with Gasteiger partial charge >= 0.3 is 0 Å². The lowest BCUT2D eigenvalue weighted by Gasteiger charge is -2.33. The Morgan fingerprint density at radius 2 is 1.83 bits per heavy atom. The number of piperidine rings is 1. The minimum atomic E-state index is -0.0695. The number of amides is 2. The van der Waals surface area contributed by atoms with Crippen molar-refractivity contribution < 1.29 is 19.1 Å². The lowest BCUT2D eigenvalue weighted by Crippen LogP contribution is -2.42. The maximum Gasteiger partial charge on any atom is 0.251 e. The summed E-state index contributed by atoms with van der Waals surface area (Å²) in [4.78, 5) is 27.5. The van der Waals surface area contributed by atoms with Crippen molar-refractivity contribution in [1.82, 2.24) is 10.2 Å². The highest BCUT2D eigenvalue weighted by molar-refractivity contribution is 5.97. The Morgan fingerprint density at radius 1 is 1.14 bits per heavy atom. The monoisotopic (exact) mass is 398 g/mol. The van der Waals surface area contributed by atoms with Gasteiger partial charge in [0, 0.05) is 30.3 Å². The number of ether oxygens (including phenoxy) is 2. The number of carbonyl (C=O) groups is 2. The van der Waals surface area contributed by atoms with Crippen LogP contribution in [-0.4, -0.2) is 50.1 Å². The van der Waals surface area contributed by atoms with Crippen molar-refractivity contribution in [2.45, 2.75) is 51.5 Å². The minimum Gasteiger partial charge on any atom is -0.493 e. The van der Waals surface area contributed by atoms with Crippen molar-refractivity contribution in [3.63, 3.8) is 0 Å². The van der Waals surface area contributed by atoms with Gasteiger partial charge in [0.15, 0.2) is 11.5 Å². The van der Waals surface area contributed by atoms with E-state index >= 15 is 0 Å². The smallest absolute Gasteiger partial charge is 0.251 e. The summed E-state index contributed by atoms with van der Waals surface area (Å²) in [5.74, 6) is 1.33. The molecule has 1 unspecified atom stereocenters. The number of hydrogen-bond acceptors (Lipinski definition) is 4. The molecule has 1 aliphatic heterocycles. The number of hydrogen-bond donors (Lipinski definition) is 1. The summed E-state index contributed by atoms with van der Waals surface area (Å²) in [7, 11) is 3.16. The van der Waals surface area contributed by atoms with Gasteiger partial charge in [-0.2, -0.15) is 0 Å². The number of allylic oxidation sites excluding steroid dienone is 1. The molecule has 2 fully saturated rings. The van der Waals surface area contributed by atoms with Crippen molar-refractivity contribution in [3.05, 3.63) is 34.9 Å². The van der Waals surface area contributed by atoms with Crippen LogP contribution < -0.4 is 14.8 Å². The van der Waals surface area contributed by atoms with Crippen LogP contribution in [-0.2, 0) is 4.79 Å². The summed E-state index contributed by atoms with van der Waals surface area (Å²) < 4.78 is 10.7. The average molecular weight is 399 g/mol. The quantitative estimate of drug-likeness (QED) is 0.827. The van der Waals surface area contributed by atoms with E-state index in [9.17, 15) is 9.59 Å². The fraction of sp³-hybridized carbons (Fsp3) is 0.565. The molecule has 1 N–H and O–H groups in total. The van der Waals surface area contributed by atoms with Crippen LogP contribution in [0, 0.1) is 12.3 Å². The van der Waals surface area contributed by atoms with Crippen LogP contribution in [0.3, 0.4) is 0 Å². The Labute approximate surface area is 172 Å². The largest absolute Gasteiger partial charge is 0.493 e. The first-order valence-corrected chi connectivity index (χ1v) is 10.5. The second-order valence-electron chi connectivity index (χ2n) is 8.53. The number of methoxy groups -OCH3 is 2.